The first-order valence-corrected chi connectivity index (χ1v) is 9.58. The number of hydrogen-bond acceptors (Lipinski definition) is 4. The average Bonchev–Trinajstić information content (AvgIpc) is 2.84. The van der Waals surface area contributed by atoms with Crippen molar-refractivity contribution in [1.29, 1.82) is 0 Å². The molecule has 0 saturated heterocycles. The second kappa shape index (κ2) is 6.90. The number of rotatable bonds is 6. The summed E-state index contributed by atoms with van der Waals surface area (Å²) in [5.41, 5.74) is 0. The third kappa shape index (κ3) is 4.61. The summed E-state index contributed by atoms with van der Waals surface area (Å²) in [4.78, 5) is 1.14. The predicted molar refractivity (Wildman–Crippen MR) is 84.4 cm³/mol. The molecule has 0 aliphatic carbocycles. The molecule has 1 aromatic heterocycles. The minimum Gasteiger partial charge on any atom is -0.210 e. The summed E-state index contributed by atoms with van der Waals surface area (Å²) >= 11 is 6.10. The summed E-state index contributed by atoms with van der Waals surface area (Å²) in [5, 5.41) is 0. The number of sulfonamides is 1. The summed E-state index contributed by atoms with van der Waals surface area (Å²) in [5.74, 6) is 0.704. The quantitative estimate of drug-likeness (QED) is 0.617. The lowest BCUT2D eigenvalue weighted by Crippen LogP contribution is -2.25. The lowest BCUT2D eigenvalue weighted by atomic mass is 10.4. The van der Waals surface area contributed by atoms with Crippen LogP contribution < -0.4 is 4.72 Å². The topological polar surface area (TPSA) is 46.2 Å². The molecule has 1 aromatic carbocycles. The first-order valence-electron chi connectivity index (χ1n) is 5.51. The Morgan fingerprint density at radius 3 is 2.53 bits per heavy atom. The predicted octanol–water partition coefficient (Wildman–Crippen LogP) is 3.58. The van der Waals surface area contributed by atoms with Crippen molar-refractivity contribution in [2.45, 2.75) is 9.10 Å². The van der Waals surface area contributed by atoms with E-state index in [1.807, 2.05) is 30.3 Å². The lowest BCUT2D eigenvalue weighted by Gasteiger charge is -2.04. The Bertz CT molecular complexity index is 625. The van der Waals surface area contributed by atoms with Gasteiger partial charge in [0.05, 0.1) is 3.79 Å². The Labute approximate surface area is 129 Å². The summed E-state index contributed by atoms with van der Waals surface area (Å²) in [6.07, 6.45) is 0. The van der Waals surface area contributed by atoms with Crippen LogP contribution in [0.1, 0.15) is 0 Å². The van der Waals surface area contributed by atoms with Crippen LogP contribution in [0.4, 0.5) is 0 Å². The molecule has 0 spiro atoms. The van der Waals surface area contributed by atoms with E-state index in [2.05, 4.69) is 20.7 Å². The zero-order valence-corrected chi connectivity index (χ0v) is 13.9. The van der Waals surface area contributed by atoms with Gasteiger partial charge in [-0.05, 0) is 40.2 Å². The highest BCUT2D eigenvalue weighted by Gasteiger charge is 2.15. The Morgan fingerprint density at radius 2 is 1.89 bits per heavy atom. The SMILES string of the molecule is O=S(=O)(NCCSc1ccccc1)c1ccc(Br)s1. The molecule has 102 valence electrons. The van der Waals surface area contributed by atoms with E-state index in [-0.39, 0.29) is 0 Å². The zero-order chi connectivity index (χ0) is 13.7. The summed E-state index contributed by atoms with van der Waals surface area (Å²) in [6.45, 7) is 0.414. The van der Waals surface area contributed by atoms with Crippen LogP contribution in [-0.4, -0.2) is 20.7 Å². The van der Waals surface area contributed by atoms with Crippen LogP contribution >= 0.6 is 39.0 Å². The number of halogens is 1. The van der Waals surface area contributed by atoms with Crippen LogP contribution in [0.15, 0.2) is 55.4 Å². The Morgan fingerprint density at radius 1 is 1.16 bits per heavy atom. The minimum absolute atomic E-state index is 0.337. The third-order valence-corrected chi connectivity index (χ3v) is 6.81. The molecule has 0 bridgehead atoms. The maximum Gasteiger partial charge on any atom is 0.250 e. The van der Waals surface area contributed by atoms with Gasteiger partial charge in [-0.15, -0.1) is 23.1 Å². The van der Waals surface area contributed by atoms with Gasteiger partial charge in [0.15, 0.2) is 0 Å². The standard InChI is InChI=1S/C12H12BrNO2S3/c13-11-6-7-12(18-11)19(15,16)14-8-9-17-10-4-2-1-3-5-10/h1-7,14H,8-9H2. The van der Waals surface area contributed by atoms with Crippen molar-refractivity contribution in [3.05, 3.63) is 46.3 Å². The molecule has 0 saturated carbocycles. The van der Waals surface area contributed by atoms with Gasteiger partial charge in [0.25, 0.3) is 0 Å². The second-order valence-corrected chi connectivity index (χ2v) is 9.24. The van der Waals surface area contributed by atoms with Gasteiger partial charge in [-0.2, -0.15) is 0 Å². The van der Waals surface area contributed by atoms with Crippen molar-refractivity contribution < 1.29 is 8.42 Å². The van der Waals surface area contributed by atoms with E-state index < -0.39 is 10.0 Å². The van der Waals surface area contributed by atoms with E-state index in [1.165, 1.54) is 11.3 Å². The highest BCUT2D eigenvalue weighted by molar-refractivity contribution is 9.11. The van der Waals surface area contributed by atoms with E-state index in [0.717, 1.165) is 8.68 Å². The molecular weight excluding hydrogens is 366 g/mol. The van der Waals surface area contributed by atoms with Gasteiger partial charge >= 0.3 is 0 Å². The molecule has 2 aromatic rings. The fourth-order valence-corrected chi connectivity index (χ4v) is 5.38. The summed E-state index contributed by atoms with van der Waals surface area (Å²) < 4.78 is 27.6. The maximum absolute atomic E-state index is 11.9. The number of thioether (sulfide) groups is 1. The fourth-order valence-electron chi connectivity index (χ4n) is 1.37. The van der Waals surface area contributed by atoms with Crippen LogP contribution in [0, 0.1) is 0 Å². The first kappa shape index (κ1) is 15.1. The van der Waals surface area contributed by atoms with E-state index in [0.29, 0.717) is 16.5 Å². The molecular formula is C12H12BrNO2S3. The van der Waals surface area contributed by atoms with Crippen molar-refractivity contribution in [2.24, 2.45) is 0 Å². The number of benzene rings is 1. The Hall–Kier alpha value is -0.340. The van der Waals surface area contributed by atoms with Gasteiger partial charge < -0.3 is 0 Å². The first-order chi connectivity index (χ1) is 9.08. The minimum atomic E-state index is -3.37. The van der Waals surface area contributed by atoms with Crippen molar-refractivity contribution in [2.75, 3.05) is 12.3 Å². The monoisotopic (exact) mass is 377 g/mol. The molecule has 3 nitrogen and oxygen atoms in total. The lowest BCUT2D eigenvalue weighted by molar-refractivity contribution is 0.586. The zero-order valence-electron chi connectivity index (χ0n) is 9.87. The van der Waals surface area contributed by atoms with Crippen molar-refractivity contribution in [3.8, 4) is 0 Å². The van der Waals surface area contributed by atoms with Crippen LogP contribution in [0.5, 0.6) is 0 Å². The van der Waals surface area contributed by atoms with Gasteiger partial charge in [-0.1, -0.05) is 18.2 Å². The number of hydrogen-bond donors (Lipinski definition) is 1. The molecule has 0 aliphatic heterocycles. The van der Waals surface area contributed by atoms with E-state index in [4.69, 9.17) is 0 Å². The van der Waals surface area contributed by atoms with E-state index in [9.17, 15) is 8.42 Å². The molecule has 1 heterocycles. The van der Waals surface area contributed by atoms with Crippen LogP contribution in [0.25, 0.3) is 0 Å². The average molecular weight is 378 g/mol. The van der Waals surface area contributed by atoms with Gasteiger partial charge in [0, 0.05) is 17.2 Å². The van der Waals surface area contributed by atoms with Crippen LogP contribution in [-0.2, 0) is 10.0 Å². The smallest absolute Gasteiger partial charge is 0.210 e. The van der Waals surface area contributed by atoms with Crippen LogP contribution in [0.3, 0.4) is 0 Å². The molecule has 0 fully saturated rings. The van der Waals surface area contributed by atoms with Gasteiger partial charge in [-0.3, -0.25) is 0 Å². The van der Waals surface area contributed by atoms with Crippen molar-refractivity contribution >= 4 is 49.1 Å². The van der Waals surface area contributed by atoms with Crippen molar-refractivity contribution in [1.82, 2.24) is 4.72 Å². The second-order valence-electron chi connectivity index (χ2n) is 3.62. The van der Waals surface area contributed by atoms with Crippen LogP contribution in [0.2, 0.25) is 0 Å². The summed E-state index contributed by atoms with van der Waals surface area (Å²) in [7, 11) is -3.37. The molecule has 0 radical (unpaired) electrons. The molecule has 0 amide bonds. The molecule has 0 aliphatic rings. The maximum atomic E-state index is 11.9. The van der Waals surface area contributed by atoms with E-state index in [1.54, 1.807) is 23.9 Å². The summed E-state index contributed by atoms with van der Waals surface area (Å²) in [6, 6.07) is 13.2. The highest BCUT2D eigenvalue weighted by atomic mass is 79.9. The van der Waals surface area contributed by atoms with Gasteiger partial charge in [0.1, 0.15) is 4.21 Å². The fraction of sp³-hybridized carbons (Fsp3) is 0.167. The van der Waals surface area contributed by atoms with Gasteiger partial charge in [-0.25, -0.2) is 13.1 Å². The number of nitrogens with one attached hydrogen (secondary N) is 1. The van der Waals surface area contributed by atoms with E-state index >= 15 is 0 Å². The highest BCUT2D eigenvalue weighted by Crippen LogP contribution is 2.25. The Kier molecular flexibility index (Phi) is 5.47. The molecule has 1 N–H and O–H groups in total. The molecule has 19 heavy (non-hydrogen) atoms. The van der Waals surface area contributed by atoms with Crippen molar-refractivity contribution in [3.63, 3.8) is 0 Å². The van der Waals surface area contributed by atoms with Gasteiger partial charge in [0.2, 0.25) is 10.0 Å². The molecule has 2 rings (SSSR count). The molecule has 0 unspecified atom stereocenters. The Balaban J connectivity index is 1.83. The number of thiophene rings is 1. The third-order valence-electron chi connectivity index (χ3n) is 2.22. The normalized spacial score (nSPS) is 11.6. The molecule has 7 heteroatoms. The largest absolute Gasteiger partial charge is 0.250 e. The molecule has 0 atom stereocenters.